The van der Waals surface area contributed by atoms with Crippen LogP contribution in [0.15, 0.2) is 140 Å². The molecule has 0 spiro atoms. The number of hydrogen-bond acceptors (Lipinski definition) is 3. The smallest absolute Gasteiger partial charge is 0.257 e. The molecule has 3 nitrogen and oxygen atoms in total. The van der Waals surface area contributed by atoms with Gasteiger partial charge in [-0.25, -0.2) is 0 Å². The fourth-order valence-corrected chi connectivity index (χ4v) is 7.56. The van der Waals surface area contributed by atoms with Gasteiger partial charge in [0.05, 0.1) is 0 Å². The molecule has 3 aliphatic heterocycles. The van der Waals surface area contributed by atoms with Gasteiger partial charge in [-0.1, -0.05) is 87.5 Å². The molecule has 0 saturated carbocycles. The minimum Gasteiger partial charge on any atom is -0.311 e. The Labute approximate surface area is 259 Å². The molecule has 44 heavy (non-hydrogen) atoms. The lowest BCUT2D eigenvalue weighted by Crippen LogP contribution is -2.65. The molecule has 0 aliphatic carbocycles. The minimum atomic E-state index is -0.0306. The molecule has 4 heteroatoms. The van der Waals surface area contributed by atoms with Gasteiger partial charge in [0.15, 0.2) is 0 Å². The molecule has 9 rings (SSSR count). The lowest BCUT2D eigenvalue weighted by atomic mass is 9.31. The molecule has 0 fully saturated rings. The summed E-state index contributed by atoms with van der Waals surface area (Å²) in [5, 5.41) is 0. The van der Waals surface area contributed by atoms with Crippen LogP contribution >= 0.6 is 0 Å². The highest BCUT2D eigenvalue weighted by Gasteiger charge is 2.49. The monoisotopic (exact) mass is 565 g/mol. The summed E-state index contributed by atoms with van der Waals surface area (Å²) in [5.74, 6) is 0. The standard InChI is InChI=1S/C40H32BN3/c1-40(2,3)27-25-35-39-36(26-27)44(30-19-11-6-12-20-30)34-24-14-22-32-38(34)41(39)37-31(42(32)28-15-7-4-8-16-28)21-13-23-33(37)43(35)29-17-9-5-10-18-29/h4-26H,1-3H3. The molecule has 0 saturated heterocycles. The van der Waals surface area contributed by atoms with E-state index in [2.05, 4.69) is 175 Å². The third-order valence-electron chi connectivity index (χ3n) is 9.48. The predicted molar refractivity (Wildman–Crippen MR) is 187 cm³/mol. The van der Waals surface area contributed by atoms with Crippen LogP contribution in [0.25, 0.3) is 0 Å². The van der Waals surface area contributed by atoms with E-state index in [1.807, 2.05) is 0 Å². The average Bonchev–Trinajstić information content (AvgIpc) is 3.05. The average molecular weight is 566 g/mol. The van der Waals surface area contributed by atoms with E-state index in [1.165, 1.54) is 73.1 Å². The van der Waals surface area contributed by atoms with E-state index >= 15 is 0 Å². The first-order valence-electron chi connectivity index (χ1n) is 15.5. The zero-order valence-electron chi connectivity index (χ0n) is 25.2. The molecule has 0 unspecified atom stereocenters. The highest BCUT2D eigenvalue weighted by Crippen LogP contribution is 2.50. The van der Waals surface area contributed by atoms with Crippen molar-refractivity contribution in [3.8, 4) is 0 Å². The molecule has 3 heterocycles. The van der Waals surface area contributed by atoms with Crippen LogP contribution in [0.2, 0.25) is 0 Å². The van der Waals surface area contributed by atoms with Crippen molar-refractivity contribution in [2.45, 2.75) is 26.2 Å². The van der Waals surface area contributed by atoms with E-state index < -0.39 is 0 Å². The Hall–Kier alpha value is -5.22. The van der Waals surface area contributed by atoms with E-state index in [1.54, 1.807) is 0 Å². The van der Waals surface area contributed by atoms with Gasteiger partial charge in [-0.3, -0.25) is 0 Å². The summed E-state index contributed by atoms with van der Waals surface area (Å²) in [5.41, 5.74) is 16.4. The van der Waals surface area contributed by atoms with Crippen LogP contribution in [0.4, 0.5) is 51.2 Å². The van der Waals surface area contributed by atoms with E-state index in [0.717, 1.165) is 0 Å². The number of rotatable bonds is 3. The van der Waals surface area contributed by atoms with Gasteiger partial charge < -0.3 is 14.7 Å². The second kappa shape index (κ2) is 9.14. The van der Waals surface area contributed by atoms with Gasteiger partial charge in [-0.05, 0) is 100 Å². The molecule has 0 aromatic heterocycles. The molecule has 0 N–H and O–H groups in total. The molecule has 210 valence electrons. The third kappa shape index (κ3) is 3.45. The second-order valence-electron chi connectivity index (χ2n) is 13.0. The summed E-state index contributed by atoms with van der Waals surface area (Å²) in [6.07, 6.45) is 0. The minimum absolute atomic E-state index is 0.0306. The number of benzene rings is 6. The molecule has 0 radical (unpaired) electrons. The molecule has 6 aromatic carbocycles. The maximum absolute atomic E-state index is 2.51. The summed E-state index contributed by atoms with van der Waals surface area (Å²) in [6.45, 7) is 7.08. The maximum atomic E-state index is 2.51. The molecule has 0 amide bonds. The Bertz CT molecular complexity index is 1950. The molecule has 6 aromatic rings. The Kier molecular flexibility index (Phi) is 5.26. The first-order valence-corrected chi connectivity index (χ1v) is 15.5. The van der Waals surface area contributed by atoms with Crippen molar-refractivity contribution in [2.75, 3.05) is 14.7 Å². The number of hydrogen-bond donors (Lipinski definition) is 0. The van der Waals surface area contributed by atoms with Gasteiger partial charge in [-0.15, -0.1) is 0 Å². The third-order valence-corrected chi connectivity index (χ3v) is 9.48. The summed E-state index contributed by atoms with van der Waals surface area (Å²) in [6, 6.07) is 51.2. The van der Waals surface area contributed by atoms with Crippen molar-refractivity contribution in [3.05, 3.63) is 145 Å². The molecular formula is C40H32BN3. The predicted octanol–water partition coefficient (Wildman–Crippen LogP) is 8.85. The SMILES string of the molecule is CC(C)(C)c1cc2c3c(c1)N(c1ccccc1)c1cccc4c1B3c1c(cccc1N2c1ccccc1)N4c1ccccc1. The van der Waals surface area contributed by atoms with Crippen LogP contribution in [0.5, 0.6) is 0 Å². The van der Waals surface area contributed by atoms with Gasteiger partial charge in [-0.2, -0.15) is 0 Å². The normalized spacial score (nSPS) is 14.1. The van der Waals surface area contributed by atoms with E-state index in [4.69, 9.17) is 0 Å². The van der Waals surface area contributed by atoms with Gasteiger partial charge >= 0.3 is 0 Å². The van der Waals surface area contributed by atoms with Crippen molar-refractivity contribution in [1.82, 2.24) is 0 Å². The summed E-state index contributed by atoms with van der Waals surface area (Å²) >= 11 is 0. The maximum Gasteiger partial charge on any atom is 0.257 e. The zero-order valence-corrected chi connectivity index (χ0v) is 25.2. The van der Waals surface area contributed by atoms with Crippen molar-refractivity contribution in [3.63, 3.8) is 0 Å². The summed E-state index contributed by atoms with van der Waals surface area (Å²) in [7, 11) is 0. The summed E-state index contributed by atoms with van der Waals surface area (Å²) < 4.78 is 0. The van der Waals surface area contributed by atoms with Crippen LogP contribution in [0, 0.1) is 0 Å². The number of anilines is 9. The molecule has 3 aliphatic rings. The quantitative estimate of drug-likeness (QED) is 0.198. The topological polar surface area (TPSA) is 9.72 Å². The second-order valence-corrected chi connectivity index (χ2v) is 13.0. The van der Waals surface area contributed by atoms with Gasteiger partial charge in [0.25, 0.3) is 6.71 Å². The molecule has 0 bridgehead atoms. The Morgan fingerprint density at radius 3 is 1.05 bits per heavy atom. The Morgan fingerprint density at radius 2 is 0.705 bits per heavy atom. The Morgan fingerprint density at radius 1 is 0.386 bits per heavy atom. The Balaban J connectivity index is 1.46. The highest BCUT2D eigenvalue weighted by atomic mass is 15.2. The fraction of sp³-hybridized carbons (Fsp3) is 0.100. The largest absolute Gasteiger partial charge is 0.311 e. The van der Waals surface area contributed by atoms with E-state index in [9.17, 15) is 0 Å². The first-order chi connectivity index (χ1) is 21.5. The van der Waals surface area contributed by atoms with E-state index in [0.29, 0.717) is 0 Å². The summed E-state index contributed by atoms with van der Waals surface area (Å²) in [4.78, 5) is 7.49. The van der Waals surface area contributed by atoms with Crippen LogP contribution in [-0.2, 0) is 5.41 Å². The highest BCUT2D eigenvalue weighted by molar-refractivity contribution is 7.02. The molecular weight excluding hydrogens is 533 g/mol. The lowest BCUT2D eigenvalue weighted by molar-refractivity contribution is 0.590. The van der Waals surface area contributed by atoms with Gasteiger partial charge in [0.2, 0.25) is 0 Å². The van der Waals surface area contributed by atoms with Crippen molar-refractivity contribution < 1.29 is 0 Å². The first kappa shape index (κ1) is 25.3. The number of nitrogens with zero attached hydrogens (tertiary/aromatic N) is 3. The number of para-hydroxylation sites is 3. The van der Waals surface area contributed by atoms with Crippen LogP contribution in [0.3, 0.4) is 0 Å². The van der Waals surface area contributed by atoms with Crippen molar-refractivity contribution in [1.29, 1.82) is 0 Å². The fourth-order valence-electron chi connectivity index (χ4n) is 7.56. The van der Waals surface area contributed by atoms with E-state index in [-0.39, 0.29) is 12.1 Å². The van der Waals surface area contributed by atoms with Crippen LogP contribution in [0.1, 0.15) is 26.3 Å². The zero-order chi connectivity index (χ0) is 29.6. The molecule has 0 atom stereocenters. The van der Waals surface area contributed by atoms with Gasteiger partial charge in [0, 0.05) is 51.2 Å². The van der Waals surface area contributed by atoms with Crippen molar-refractivity contribution in [2.24, 2.45) is 0 Å². The van der Waals surface area contributed by atoms with Crippen LogP contribution < -0.4 is 31.1 Å². The lowest BCUT2D eigenvalue weighted by Gasteiger charge is -2.49. The van der Waals surface area contributed by atoms with Gasteiger partial charge in [0.1, 0.15) is 0 Å². The van der Waals surface area contributed by atoms with Crippen molar-refractivity contribution >= 4 is 74.3 Å². The van der Waals surface area contributed by atoms with Crippen LogP contribution in [-0.4, -0.2) is 6.71 Å².